The van der Waals surface area contributed by atoms with Crippen molar-refractivity contribution >= 4 is 29.2 Å². The summed E-state index contributed by atoms with van der Waals surface area (Å²) in [7, 11) is 0. The lowest BCUT2D eigenvalue weighted by Gasteiger charge is -2.18. The van der Waals surface area contributed by atoms with E-state index >= 15 is 0 Å². The van der Waals surface area contributed by atoms with E-state index in [2.05, 4.69) is 24.5 Å². The van der Waals surface area contributed by atoms with Gasteiger partial charge in [0.25, 0.3) is 5.91 Å². The third-order valence-electron chi connectivity index (χ3n) is 4.43. The predicted octanol–water partition coefficient (Wildman–Crippen LogP) is 4.34. The Kier molecular flexibility index (Phi) is 7.32. The van der Waals surface area contributed by atoms with Crippen LogP contribution in [0.2, 0.25) is 0 Å². The fourth-order valence-electron chi connectivity index (χ4n) is 2.70. The number of para-hydroxylation sites is 1. The van der Waals surface area contributed by atoms with E-state index in [0.717, 1.165) is 17.7 Å². The molecule has 0 aliphatic heterocycles. The third-order valence-corrected chi connectivity index (χ3v) is 4.43. The molecule has 0 aliphatic rings. The Morgan fingerprint density at radius 3 is 2.39 bits per heavy atom. The minimum Gasteiger partial charge on any atom is -0.449 e. The van der Waals surface area contributed by atoms with Gasteiger partial charge in [-0.25, -0.2) is 4.79 Å². The van der Waals surface area contributed by atoms with Crippen LogP contribution in [0.3, 0.4) is 0 Å². The largest absolute Gasteiger partial charge is 0.449 e. The fourth-order valence-corrected chi connectivity index (χ4v) is 2.70. The number of ether oxygens (including phenoxy) is 1. The SMILES string of the molecule is CC[C@H](C)c1ccccc1NC(=O)[C@H](C)OC(=O)c1cccc(NC(C)=O)c1. The molecule has 2 aromatic rings. The first-order valence-corrected chi connectivity index (χ1v) is 9.30. The molecule has 6 nitrogen and oxygen atoms in total. The van der Waals surface area contributed by atoms with E-state index in [1.807, 2.05) is 24.3 Å². The van der Waals surface area contributed by atoms with Crippen molar-refractivity contribution in [2.45, 2.75) is 46.1 Å². The zero-order valence-corrected chi connectivity index (χ0v) is 16.6. The smallest absolute Gasteiger partial charge is 0.338 e. The van der Waals surface area contributed by atoms with Gasteiger partial charge in [-0.3, -0.25) is 9.59 Å². The van der Waals surface area contributed by atoms with E-state index in [0.29, 0.717) is 11.6 Å². The molecular weight excluding hydrogens is 356 g/mol. The highest BCUT2D eigenvalue weighted by Gasteiger charge is 2.21. The Morgan fingerprint density at radius 1 is 1.00 bits per heavy atom. The highest BCUT2D eigenvalue weighted by molar-refractivity contribution is 5.98. The summed E-state index contributed by atoms with van der Waals surface area (Å²) in [4.78, 5) is 36.0. The van der Waals surface area contributed by atoms with Crippen molar-refractivity contribution in [3.05, 3.63) is 59.7 Å². The standard InChI is InChI=1S/C22H26N2O4/c1-5-14(2)19-11-6-7-12-20(19)24-21(26)15(3)28-22(27)17-9-8-10-18(13-17)23-16(4)25/h6-15H,5H2,1-4H3,(H,23,25)(H,24,26)/t14-,15-/m0/s1. The molecule has 0 radical (unpaired) electrons. The lowest BCUT2D eigenvalue weighted by atomic mass is 9.97. The van der Waals surface area contributed by atoms with Crippen molar-refractivity contribution in [2.24, 2.45) is 0 Å². The van der Waals surface area contributed by atoms with E-state index < -0.39 is 18.0 Å². The van der Waals surface area contributed by atoms with Crippen LogP contribution in [0.25, 0.3) is 0 Å². The Balaban J connectivity index is 2.05. The first-order chi connectivity index (χ1) is 13.3. The van der Waals surface area contributed by atoms with Crippen molar-refractivity contribution in [2.75, 3.05) is 10.6 Å². The van der Waals surface area contributed by atoms with Crippen LogP contribution in [0.4, 0.5) is 11.4 Å². The first-order valence-electron chi connectivity index (χ1n) is 9.30. The summed E-state index contributed by atoms with van der Waals surface area (Å²) in [6, 6.07) is 14.0. The van der Waals surface area contributed by atoms with E-state index in [9.17, 15) is 14.4 Å². The number of carbonyl (C=O) groups is 3. The predicted molar refractivity (Wildman–Crippen MR) is 109 cm³/mol. The van der Waals surface area contributed by atoms with Crippen molar-refractivity contribution in [1.82, 2.24) is 0 Å². The van der Waals surface area contributed by atoms with Gasteiger partial charge in [0.2, 0.25) is 5.91 Å². The molecule has 2 N–H and O–H groups in total. The molecule has 0 aromatic heterocycles. The summed E-state index contributed by atoms with van der Waals surface area (Å²) < 4.78 is 5.29. The minimum absolute atomic E-state index is 0.238. The second-order valence-electron chi connectivity index (χ2n) is 6.70. The van der Waals surface area contributed by atoms with Gasteiger partial charge in [0.1, 0.15) is 0 Å². The van der Waals surface area contributed by atoms with Gasteiger partial charge in [0, 0.05) is 18.3 Å². The van der Waals surface area contributed by atoms with Crippen molar-refractivity contribution in [1.29, 1.82) is 0 Å². The Hall–Kier alpha value is -3.15. The first kappa shape index (κ1) is 21.2. The summed E-state index contributed by atoms with van der Waals surface area (Å²) in [6.45, 7) is 7.09. The van der Waals surface area contributed by atoms with Crippen LogP contribution in [0.1, 0.15) is 56.0 Å². The van der Waals surface area contributed by atoms with Gasteiger partial charge in [-0.05, 0) is 49.1 Å². The van der Waals surface area contributed by atoms with Crippen LogP contribution in [-0.4, -0.2) is 23.9 Å². The fraction of sp³-hybridized carbons (Fsp3) is 0.318. The van der Waals surface area contributed by atoms with Gasteiger partial charge in [-0.1, -0.05) is 38.1 Å². The van der Waals surface area contributed by atoms with Crippen molar-refractivity contribution < 1.29 is 19.1 Å². The highest BCUT2D eigenvalue weighted by Crippen LogP contribution is 2.26. The maximum Gasteiger partial charge on any atom is 0.338 e. The Labute approximate surface area is 165 Å². The zero-order chi connectivity index (χ0) is 20.7. The molecule has 0 saturated carbocycles. The number of anilines is 2. The zero-order valence-electron chi connectivity index (χ0n) is 16.6. The number of hydrogen-bond donors (Lipinski definition) is 2. The molecular formula is C22H26N2O4. The van der Waals surface area contributed by atoms with Crippen LogP contribution < -0.4 is 10.6 Å². The van der Waals surface area contributed by atoms with Crippen LogP contribution in [0, 0.1) is 0 Å². The number of amides is 2. The molecule has 0 bridgehead atoms. The molecule has 0 saturated heterocycles. The monoisotopic (exact) mass is 382 g/mol. The lowest BCUT2D eigenvalue weighted by molar-refractivity contribution is -0.123. The second-order valence-corrected chi connectivity index (χ2v) is 6.70. The molecule has 0 spiro atoms. The molecule has 2 rings (SSSR count). The van der Waals surface area contributed by atoms with Gasteiger partial charge in [0.05, 0.1) is 5.56 Å². The van der Waals surface area contributed by atoms with Crippen molar-refractivity contribution in [3.8, 4) is 0 Å². The summed E-state index contributed by atoms with van der Waals surface area (Å²) in [5.74, 6) is -0.976. The molecule has 2 atom stereocenters. The Bertz CT molecular complexity index is 863. The molecule has 0 heterocycles. The third kappa shape index (κ3) is 5.67. The highest BCUT2D eigenvalue weighted by atomic mass is 16.5. The topological polar surface area (TPSA) is 84.5 Å². The molecule has 0 unspecified atom stereocenters. The Morgan fingerprint density at radius 2 is 1.71 bits per heavy atom. The van der Waals surface area contributed by atoms with E-state index in [1.54, 1.807) is 18.2 Å². The van der Waals surface area contributed by atoms with Crippen LogP contribution in [0.15, 0.2) is 48.5 Å². The van der Waals surface area contributed by atoms with Crippen LogP contribution in [0.5, 0.6) is 0 Å². The molecule has 2 amide bonds. The number of carbonyl (C=O) groups excluding carboxylic acids is 3. The average Bonchev–Trinajstić information content (AvgIpc) is 2.67. The van der Waals surface area contributed by atoms with Gasteiger partial charge >= 0.3 is 5.97 Å². The summed E-state index contributed by atoms with van der Waals surface area (Å²) in [6.07, 6.45) is -0.0240. The number of hydrogen-bond acceptors (Lipinski definition) is 4. The maximum atomic E-state index is 12.5. The molecule has 148 valence electrons. The molecule has 2 aromatic carbocycles. The number of rotatable bonds is 7. The van der Waals surface area contributed by atoms with E-state index in [1.165, 1.54) is 19.9 Å². The van der Waals surface area contributed by atoms with Gasteiger partial charge in [-0.2, -0.15) is 0 Å². The number of esters is 1. The van der Waals surface area contributed by atoms with Crippen molar-refractivity contribution in [3.63, 3.8) is 0 Å². The second kappa shape index (κ2) is 9.69. The van der Waals surface area contributed by atoms with Crippen LogP contribution >= 0.6 is 0 Å². The summed E-state index contributed by atoms with van der Waals surface area (Å²) in [5, 5.41) is 5.45. The molecule has 28 heavy (non-hydrogen) atoms. The van der Waals surface area contributed by atoms with Gasteiger partial charge in [0.15, 0.2) is 6.10 Å². The normalized spacial score (nSPS) is 12.6. The quantitative estimate of drug-likeness (QED) is 0.698. The summed E-state index contributed by atoms with van der Waals surface area (Å²) >= 11 is 0. The minimum atomic E-state index is -0.970. The van der Waals surface area contributed by atoms with Gasteiger partial charge < -0.3 is 15.4 Å². The molecule has 0 fully saturated rings. The van der Waals surface area contributed by atoms with Crippen LogP contribution in [-0.2, 0) is 14.3 Å². The van der Waals surface area contributed by atoms with Gasteiger partial charge in [-0.15, -0.1) is 0 Å². The van der Waals surface area contributed by atoms with E-state index in [4.69, 9.17) is 4.74 Å². The summed E-state index contributed by atoms with van der Waals surface area (Å²) in [5.41, 5.74) is 2.50. The lowest BCUT2D eigenvalue weighted by Crippen LogP contribution is -2.30. The number of benzene rings is 2. The molecule has 0 aliphatic carbocycles. The maximum absolute atomic E-state index is 12.5. The molecule has 6 heteroatoms. The number of nitrogens with one attached hydrogen (secondary N) is 2. The van der Waals surface area contributed by atoms with E-state index in [-0.39, 0.29) is 11.5 Å². The average molecular weight is 382 g/mol.